The summed E-state index contributed by atoms with van der Waals surface area (Å²) in [5, 5.41) is 4.11. The number of ether oxygens (including phenoxy) is 1. The van der Waals surface area contributed by atoms with Crippen molar-refractivity contribution in [2.45, 2.75) is 26.0 Å². The van der Waals surface area contributed by atoms with E-state index in [9.17, 15) is 4.79 Å². The molecule has 0 saturated heterocycles. The molecule has 7 heteroatoms. The highest BCUT2D eigenvalue weighted by Crippen LogP contribution is 2.22. The minimum Gasteiger partial charge on any atom is -0.481 e. The van der Waals surface area contributed by atoms with Crippen molar-refractivity contribution in [3.8, 4) is 11.4 Å². The predicted octanol–water partition coefficient (Wildman–Crippen LogP) is 4.02. The molecule has 1 aromatic heterocycles. The van der Waals surface area contributed by atoms with Crippen molar-refractivity contribution in [3.63, 3.8) is 0 Å². The van der Waals surface area contributed by atoms with Gasteiger partial charge in [0.2, 0.25) is 0 Å². The Labute approximate surface area is 166 Å². The Hall–Kier alpha value is -2.67. The monoisotopic (exact) mass is 428 g/mol. The minimum atomic E-state index is -0.576. The second kappa shape index (κ2) is 8.35. The molecular weight excluding hydrogens is 408 g/mol. The van der Waals surface area contributed by atoms with Crippen molar-refractivity contribution in [2.24, 2.45) is 0 Å². The van der Waals surface area contributed by atoms with Crippen molar-refractivity contribution in [2.75, 3.05) is 7.05 Å². The Balaban J connectivity index is 1.65. The molecule has 1 heterocycles. The third kappa shape index (κ3) is 4.54. The summed E-state index contributed by atoms with van der Waals surface area (Å²) in [7, 11) is 1.79. The molecular formula is C20H21BrN4O2. The van der Waals surface area contributed by atoms with Gasteiger partial charge < -0.3 is 9.64 Å². The number of likely N-dealkylation sites (N-methyl/N-ethyl adjacent to an activating group) is 1. The zero-order chi connectivity index (χ0) is 19.4. The molecule has 0 saturated carbocycles. The number of amides is 1. The van der Waals surface area contributed by atoms with E-state index < -0.39 is 6.10 Å². The van der Waals surface area contributed by atoms with Gasteiger partial charge in [0, 0.05) is 11.5 Å². The van der Waals surface area contributed by atoms with E-state index in [-0.39, 0.29) is 11.9 Å². The number of hydrogen-bond donors (Lipinski definition) is 0. The first-order chi connectivity index (χ1) is 13.0. The van der Waals surface area contributed by atoms with Crippen LogP contribution in [-0.2, 0) is 4.79 Å². The van der Waals surface area contributed by atoms with Crippen LogP contribution in [-0.4, -0.2) is 38.7 Å². The lowest BCUT2D eigenvalue weighted by atomic mass is 10.1. The van der Waals surface area contributed by atoms with Crippen LogP contribution >= 0.6 is 15.9 Å². The summed E-state index contributed by atoms with van der Waals surface area (Å²) in [6.07, 6.45) is 2.57. The highest BCUT2D eigenvalue weighted by atomic mass is 79.9. The first-order valence-electron chi connectivity index (χ1n) is 8.59. The lowest BCUT2D eigenvalue weighted by Gasteiger charge is -2.28. The molecule has 0 radical (unpaired) electrons. The van der Waals surface area contributed by atoms with Gasteiger partial charge in [0.15, 0.2) is 6.10 Å². The van der Waals surface area contributed by atoms with Crippen LogP contribution in [0.3, 0.4) is 0 Å². The van der Waals surface area contributed by atoms with Gasteiger partial charge >= 0.3 is 0 Å². The van der Waals surface area contributed by atoms with Crippen molar-refractivity contribution >= 4 is 21.8 Å². The molecule has 2 atom stereocenters. The fourth-order valence-corrected chi connectivity index (χ4v) is 2.98. The van der Waals surface area contributed by atoms with Gasteiger partial charge in [0.25, 0.3) is 5.91 Å². The molecule has 0 unspecified atom stereocenters. The molecule has 0 N–H and O–H groups in total. The van der Waals surface area contributed by atoms with E-state index in [0.717, 1.165) is 15.7 Å². The number of carbonyl (C=O) groups excluding carboxylic acids is 1. The van der Waals surface area contributed by atoms with Gasteiger partial charge in [-0.25, -0.2) is 9.67 Å². The number of hydrogen-bond acceptors (Lipinski definition) is 4. The SMILES string of the molecule is C[C@@H](Oc1ccc(Br)cc1)C(=O)N(C)[C@@H](C)c1ccc(-n2cncn2)cc1. The minimum absolute atomic E-state index is 0.0780. The Morgan fingerprint density at radius 2 is 1.78 bits per heavy atom. The Morgan fingerprint density at radius 1 is 1.11 bits per heavy atom. The highest BCUT2D eigenvalue weighted by Gasteiger charge is 2.24. The molecule has 2 aromatic carbocycles. The van der Waals surface area contributed by atoms with Gasteiger partial charge in [-0.2, -0.15) is 5.10 Å². The maximum Gasteiger partial charge on any atom is 0.263 e. The fourth-order valence-electron chi connectivity index (χ4n) is 2.72. The normalized spacial score (nSPS) is 13.0. The third-order valence-corrected chi connectivity index (χ3v) is 4.99. The standard InChI is InChI=1S/C20H21BrN4O2/c1-14(16-4-8-18(9-5-16)25-13-22-12-23-25)24(3)20(26)15(2)27-19-10-6-17(21)7-11-19/h4-15H,1-3H3/t14-,15+/m0/s1. The number of halogens is 1. The summed E-state index contributed by atoms with van der Waals surface area (Å²) in [6.45, 7) is 3.76. The second-order valence-corrected chi connectivity index (χ2v) is 7.19. The van der Waals surface area contributed by atoms with E-state index in [0.29, 0.717) is 5.75 Å². The maximum absolute atomic E-state index is 12.8. The number of nitrogens with zero attached hydrogens (tertiary/aromatic N) is 4. The van der Waals surface area contributed by atoms with Crippen LogP contribution in [0.4, 0.5) is 0 Å². The highest BCUT2D eigenvalue weighted by molar-refractivity contribution is 9.10. The summed E-state index contributed by atoms with van der Waals surface area (Å²) in [4.78, 5) is 18.4. The second-order valence-electron chi connectivity index (χ2n) is 6.27. The lowest BCUT2D eigenvalue weighted by molar-refractivity contribution is -0.138. The number of aromatic nitrogens is 3. The molecule has 140 valence electrons. The molecule has 0 aliphatic heterocycles. The smallest absolute Gasteiger partial charge is 0.263 e. The van der Waals surface area contributed by atoms with Crippen LogP contribution in [0, 0.1) is 0 Å². The summed E-state index contributed by atoms with van der Waals surface area (Å²) in [5.74, 6) is 0.586. The third-order valence-electron chi connectivity index (χ3n) is 4.46. The number of carbonyl (C=O) groups is 1. The maximum atomic E-state index is 12.8. The van der Waals surface area contributed by atoms with Gasteiger partial charge in [0.05, 0.1) is 11.7 Å². The molecule has 27 heavy (non-hydrogen) atoms. The van der Waals surface area contributed by atoms with E-state index in [2.05, 4.69) is 26.0 Å². The average molecular weight is 429 g/mol. The predicted molar refractivity (Wildman–Crippen MR) is 107 cm³/mol. The molecule has 0 aliphatic rings. The van der Waals surface area contributed by atoms with Crippen LogP contribution in [0.1, 0.15) is 25.5 Å². The summed E-state index contributed by atoms with van der Waals surface area (Å²) < 4.78 is 8.43. The van der Waals surface area contributed by atoms with Crippen LogP contribution in [0.15, 0.2) is 65.7 Å². The van der Waals surface area contributed by atoms with Gasteiger partial charge in [-0.1, -0.05) is 28.1 Å². The molecule has 0 spiro atoms. The molecule has 0 aliphatic carbocycles. The first kappa shape index (κ1) is 19.1. The average Bonchev–Trinajstić information content (AvgIpc) is 3.23. The van der Waals surface area contributed by atoms with Crippen LogP contribution in [0.2, 0.25) is 0 Å². The fraction of sp³-hybridized carbons (Fsp3) is 0.250. The van der Waals surface area contributed by atoms with Crippen LogP contribution < -0.4 is 4.74 Å². The van der Waals surface area contributed by atoms with Crippen molar-refractivity contribution in [1.29, 1.82) is 0 Å². The van der Waals surface area contributed by atoms with Crippen molar-refractivity contribution in [3.05, 3.63) is 71.2 Å². The first-order valence-corrected chi connectivity index (χ1v) is 9.39. The van der Waals surface area contributed by atoms with E-state index >= 15 is 0 Å². The number of benzene rings is 2. The van der Waals surface area contributed by atoms with Gasteiger partial charge in [-0.15, -0.1) is 0 Å². The van der Waals surface area contributed by atoms with Gasteiger partial charge in [0.1, 0.15) is 18.4 Å². The van der Waals surface area contributed by atoms with Gasteiger partial charge in [-0.05, 0) is 55.8 Å². The molecule has 0 bridgehead atoms. The molecule has 6 nitrogen and oxygen atoms in total. The van der Waals surface area contributed by atoms with Gasteiger partial charge in [-0.3, -0.25) is 4.79 Å². The topological polar surface area (TPSA) is 60.2 Å². The zero-order valence-corrected chi connectivity index (χ0v) is 17.0. The lowest BCUT2D eigenvalue weighted by Crippen LogP contribution is -2.39. The van der Waals surface area contributed by atoms with E-state index in [1.165, 1.54) is 6.33 Å². The zero-order valence-electron chi connectivity index (χ0n) is 15.4. The number of rotatable bonds is 6. The van der Waals surface area contributed by atoms with Crippen molar-refractivity contribution in [1.82, 2.24) is 19.7 Å². The van der Waals surface area contributed by atoms with Crippen molar-refractivity contribution < 1.29 is 9.53 Å². The molecule has 1 amide bonds. The van der Waals surface area contributed by atoms with Crippen LogP contribution in [0.5, 0.6) is 5.75 Å². The summed E-state index contributed by atoms with van der Waals surface area (Å²) in [5.41, 5.74) is 1.95. The van der Waals surface area contributed by atoms with Crippen LogP contribution in [0.25, 0.3) is 5.69 Å². The Morgan fingerprint density at radius 3 is 2.37 bits per heavy atom. The molecule has 3 rings (SSSR count). The Kier molecular flexibility index (Phi) is 5.91. The van der Waals surface area contributed by atoms with E-state index in [4.69, 9.17) is 4.74 Å². The summed E-state index contributed by atoms with van der Waals surface area (Å²) >= 11 is 3.39. The van der Waals surface area contributed by atoms with E-state index in [1.807, 2.05) is 55.5 Å². The summed E-state index contributed by atoms with van der Waals surface area (Å²) in [6, 6.07) is 15.3. The molecule has 0 fully saturated rings. The quantitative estimate of drug-likeness (QED) is 0.594. The largest absolute Gasteiger partial charge is 0.481 e. The Bertz CT molecular complexity index is 879. The van der Waals surface area contributed by atoms with E-state index in [1.54, 1.807) is 29.9 Å². The molecule has 3 aromatic rings.